The van der Waals surface area contributed by atoms with Gasteiger partial charge >= 0.3 is 0 Å². The first kappa shape index (κ1) is 9.72. The minimum atomic E-state index is 0.588. The number of fused-ring (bicyclic) bond motifs is 3. The van der Waals surface area contributed by atoms with Gasteiger partial charge in [0.25, 0.3) is 0 Å². The van der Waals surface area contributed by atoms with Crippen molar-refractivity contribution < 1.29 is 0 Å². The van der Waals surface area contributed by atoms with E-state index in [-0.39, 0.29) is 0 Å². The molecular weight excluding hydrogens is 208 g/mol. The Labute approximate surface area is 101 Å². The van der Waals surface area contributed by atoms with Crippen molar-refractivity contribution >= 4 is 10.9 Å². The number of aryl methyl sites for hydroxylation is 1. The van der Waals surface area contributed by atoms with Gasteiger partial charge in [0, 0.05) is 16.6 Å². The number of H-pyrrole nitrogens is 1. The van der Waals surface area contributed by atoms with Crippen molar-refractivity contribution in [3.05, 3.63) is 35.0 Å². The zero-order valence-corrected chi connectivity index (χ0v) is 10.2. The van der Waals surface area contributed by atoms with Crippen LogP contribution < -0.4 is 5.32 Å². The van der Waals surface area contributed by atoms with E-state index >= 15 is 0 Å². The lowest BCUT2D eigenvalue weighted by Gasteiger charge is -2.24. The summed E-state index contributed by atoms with van der Waals surface area (Å²) in [6.07, 6.45) is 3.96. The van der Waals surface area contributed by atoms with Gasteiger partial charge in [-0.05, 0) is 55.8 Å². The highest BCUT2D eigenvalue weighted by Gasteiger charge is 2.36. The third-order valence-electron chi connectivity index (χ3n) is 4.31. The summed E-state index contributed by atoms with van der Waals surface area (Å²) in [6.45, 7) is 3.36. The Morgan fingerprint density at radius 2 is 2.12 bits per heavy atom. The predicted octanol–water partition coefficient (Wildman–Crippen LogP) is 3.07. The molecule has 1 aromatic carbocycles. The molecule has 2 N–H and O–H groups in total. The maximum atomic E-state index is 3.69. The lowest BCUT2D eigenvalue weighted by molar-refractivity contribution is 0.451. The third-order valence-corrected chi connectivity index (χ3v) is 4.31. The molecule has 1 atom stereocenters. The second kappa shape index (κ2) is 3.36. The molecule has 88 valence electrons. The van der Waals surface area contributed by atoms with Crippen LogP contribution in [0.15, 0.2) is 18.2 Å². The van der Waals surface area contributed by atoms with Crippen LogP contribution in [0.5, 0.6) is 0 Å². The molecule has 0 amide bonds. The highest BCUT2D eigenvalue weighted by atomic mass is 15.0. The lowest BCUT2D eigenvalue weighted by atomic mass is 9.95. The molecule has 2 heterocycles. The third kappa shape index (κ3) is 1.37. The van der Waals surface area contributed by atoms with Gasteiger partial charge in [0.2, 0.25) is 0 Å². The Bertz CT molecular complexity index is 578. The van der Waals surface area contributed by atoms with Gasteiger partial charge in [0.15, 0.2) is 0 Å². The first-order valence-corrected chi connectivity index (χ1v) is 6.68. The van der Waals surface area contributed by atoms with E-state index in [0.29, 0.717) is 6.04 Å². The molecule has 1 saturated carbocycles. The van der Waals surface area contributed by atoms with Crippen molar-refractivity contribution in [2.24, 2.45) is 5.92 Å². The van der Waals surface area contributed by atoms with Crippen LogP contribution in [-0.4, -0.2) is 11.5 Å². The van der Waals surface area contributed by atoms with Crippen molar-refractivity contribution in [1.29, 1.82) is 0 Å². The van der Waals surface area contributed by atoms with E-state index in [2.05, 4.69) is 35.4 Å². The minimum Gasteiger partial charge on any atom is -0.357 e. The van der Waals surface area contributed by atoms with E-state index in [4.69, 9.17) is 0 Å². The number of aromatic amines is 1. The van der Waals surface area contributed by atoms with Crippen LogP contribution in [0, 0.1) is 12.8 Å². The summed E-state index contributed by atoms with van der Waals surface area (Å²) in [4.78, 5) is 3.67. The number of aromatic nitrogens is 1. The van der Waals surface area contributed by atoms with Crippen LogP contribution >= 0.6 is 0 Å². The van der Waals surface area contributed by atoms with Gasteiger partial charge in [-0.25, -0.2) is 0 Å². The molecule has 1 fully saturated rings. The number of hydrogen-bond acceptors (Lipinski definition) is 1. The van der Waals surface area contributed by atoms with E-state index in [1.54, 1.807) is 5.56 Å². The Kier molecular flexibility index (Phi) is 1.92. The Morgan fingerprint density at radius 1 is 1.24 bits per heavy atom. The number of hydrogen-bond donors (Lipinski definition) is 2. The Morgan fingerprint density at radius 3 is 2.94 bits per heavy atom. The van der Waals surface area contributed by atoms with Gasteiger partial charge in [-0.2, -0.15) is 0 Å². The minimum absolute atomic E-state index is 0.588. The van der Waals surface area contributed by atoms with E-state index < -0.39 is 0 Å². The second-order valence-corrected chi connectivity index (χ2v) is 5.53. The Hall–Kier alpha value is -1.28. The lowest BCUT2D eigenvalue weighted by Crippen LogP contribution is -2.30. The number of rotatable bonds is 1. The molecule has 0 radical (unpaired) electrons. The first-order valence-electron chi connectivity index (χ1n) is 6.68. The van der Waals surface area contributed by atoms with Crippen LogP contribution in [0.2, 0.25) is 0 Å². The fourth-order valence-electron chi connectivity index (χ4n) is 3.34. The molecule has 1 aromatic heterocycles. The average Bonchev–Trinajstić information content (AvgIpc) is 3.09. The maximum Gasteiger partial charge on any atom is 0.0504 e. The molecular formula is C15H18N2. The van der Waals surface area contributed by atoms with Gasteiger partial charge in [0.1, 0.15) is 0 Å². The molecule has 1 aliphatic heterocycles. The van der Waals surface area contributed by atoms with Crippen LogP contribution in [-0.2, 0) is 6.42 Å². The Balaban J connectivity index is 1.97. The zero-order valence-electron chi connectivity index (χ0n) is 10.2. The highest BCUT2D eigenvalue weighted by molar-refractivity contribution is 5.88. The summed E-state index contributed by atoms with van der Waals surface area (Å²) in [5, 5.41) is 5.17. The van der Waals surface area contributed by atoms with Crippen molar-refractivity contribution in [3.8, 4) is 0 Å². The molecule has 0 saturated heterocycles. The largest absolute Gasteiger partial charge is 0.357 e. The summed E-state index contributed by atoms with van der Waals surface area (Å²) in [5.74, 6) is 0.877. The average molecular weight is 226 g/mol. The van der Waals surface area contributed by atoms with Gasteiger partial charge in [-0.1, -0.05) is 12.1 Å². The molecule has 2 aromatic rings. The fourth-order valence-corrected chi connectivity index (χ4v) is 3.34. The van der Waals surface area contributed by atoms with Crippen molar-refractivity contribution in [1.82, 2.24) is 10.3 Å². The molecule has 1 unspecified atom stereocenters. The summed E-state index contributed by atoms with van der Waals surface area (Å²) in [7, 11) is 0. The summed E-state index contributed by atoms with van der Waals surface area (Å²) in [5.41, 5.74) is 5.79. The fraction of sp³-hybridized carbons (Fsp3) is 0.467. The van der Waals surface area contributed by atoms with Crippen LogP contribution in [0.3, 0.4) is 0 Å². The zero-order chi connectivity index (χ0) is 11.4. The SMILES string of the molecule is Cc1cccc2[nH]c3c(c12)CCNC3C1CC1. The molecule has 2 aliphatic rings. The van der Waals surface area contributed by atoms with Crippen molar-refractivity contribution in [2.75, 3.05) is 6.54 Å². The predicted molar refractivity (Wildman–Crippen MR) is 70.2 cm³/mol. The van der Waals surface area contributed by atoms with Crippen LogP contribution in [0.25, 0.3) is 10.9 Å². The summed E-state index contributed by atoms with van der Waals surface area (Å²) < 4.78 is 0. The smallest absolute Gasteiger partial charge is 0.0504 e. The van der Waals surface area contributed by atoms with Crippen LogP contribution in [0.1, 0.15) is 35.7 Å². The van der Waals surface area contributed by atoms with Gasteiger partial charge in [-0.15, -0.1) is 0 Å². The molecule has 2 heteroatoms. The van der Waals surface area contributed by atoms with Gasteiger partial charge < -0.3 is 10.3 Å². The van der Waals surface area contributed by atoms with Crippen LogP contribution in [0.4, 0.5) is 0 Å². The normalized spacial score (nSPS) is 23.9. The van der Waals surface area contributed by atoms with E-state index in [0.717, 1.165) is 12.5 Å². The standard InChI is InChI=1S/C15H18N2/c1-9-3-2-4-12-13(9)11-7-8-16-14(10-5-6-10)15(11)17-12/h2-4,10,14,16-17H,5-8H2,1H3. The molecule has 4 rings (SSSR count). The van der Waals surface area contributed by atoms with E-state index in [1.807, 2.05) is 0 Å². The molecule has 17 heavy (non-hydrogen) atoms. The molecule has 0 bridgehead atoms. The van der Waals surface area contributed by atoms with E-state index in [9.17, 15) is 0 Å². The van der Waals surface area contributed by atoms with Crippen molar-refractivity contribution in [2.45, 2.75) is 32.2 Å². The maximum absolute atomic E-state index is 3.69. The number of benzene rings is 1. The monoisotopic (exact) mass is 226 g/mol. The van der Waals surface area contributed by atoms with Gasteiger partial charge in [-0.3, -0.25) is 0 Å². The quantitative estimate of drug-likeness (QED) is 0.768. The van der Waals surface area contributed by atoms with Gasteiger partial charge in [0.05, 0.1) is 6.04 Å². The summed E-state index contributed by atoms with van der Waals surface area (Å²) >= 11 is 0. The summed E-state index contributed by atoms with van der Waals surface area (Å²) in [6, 6.07) is 7.18. The van der Waals surface area contributed by atoms with Crippen molar-refractivity contribution in [3.63, 3.8) is 0 Å². The molecule has 1 aliphatic carbocycles. The second-order valence-electron chi connectivity index (χ2n) is 5.53. The van der Waals surface area contributed by atoms with E-state index in [1.165, 1.54) is 41.4 Å². The number of nitrogens with one attached hydrogen (secondary N) is 2. The first-order chi connectivity index (χ1) is 8.34. The highest BCUT2D eigenvalue weighted by Crippen LogP contribution is 2.44. The topological polar surface area (TPSA) is 27.8 Å². The molecule has 0 spiro atoms. The molecule has 2 nitrogen and oxygen atoms in total.